The Hall–Kier alpha value is -1.63. The molecule has 2 aromatic carbocycles. The minimum atomic E-state index is 0.0256. The lowest BCUT2D eigenvalue weighted by Gasteiger charge is -2.54. The van der Waals surface area contributed by atoms with Gasteiger partial charge >= 0.3 is 0 Å². The van der Waals surface area contributed by atoms with Crippen molar-refractivity contribution in [1.29, 1.82) is 0 Å². The summed E-state index contributed by atoms with van der Waals surface area (Å²) in [5.41, 5.74) is 4.70. The predicted molar refractivity (Wildman–Crippen MR) is 103 cm³/mol. The van der Waals surface area contributed by atoms with Crippen molar-refractivity contribution in [1.82, 2.24) is 0 Å². The van der Waals surface area contributed by atoms with Gasteiger partial charge in [0.15, 0.2) is 0 Å². The van der Waals surface area contributed by atoms with Crippen molar-refractivity contribution in [2.75, 3.05) is 0 Å². The average Bonchev–Trinajstić information content (AvgIpc) is 2.69. The van der Waals surface area contributed by atoms with Crippen LogP contribution in [0.1, 0.15) is 69.9 Å². The number of benzene rings is 2. The van der Waals surface area contributed by atoms with Crippen molar-refractivity contribution in [3.05, 3.63) is 59.4 Å². The molecular formula is C24H29F. The van der Waals surface area contributed by atoms with E-state index in [9.17, 15) is 0 Å². The van der Waals surface area contributed by atoms with Crippen LogP contribution in [0.2, 0.25) is 0 Å². The lowest BCUT2D eigenvalue weighted by molar-refractivity contribution is 0.0350. The summed E-state index contributed by atoms with van der Waals surface area (Å²) in [6.07, 6.45) is 9.62. The van der Waals surface area contributed by atoms with Gasteiger partial charge in [0.05, 0.1) is 0 Å². The Labute approximate surface area is 151 Å². The van der Waals surface area contributed by atoms with E-state index in [0.717, 1.165) is 42.4 Å². The number of rotatable bonds is 4. The largest absolute Gasteiger partial charge is 0.206 e. The molecule has 132 valence electrons. The van der Waals surface area contributed by atoms with Crippen LogP contribution >= 0.6 is 0 Å². The molecule has 0 spiro atoms. The number of halogens is 1. The Balaban J connectivity index is 1.70. The van der Waals surface area contributed by atoms with Crippen molar-refractivity contribution in [2.24, 2.45) is 5.41 Å². The van der Waals surface area contributed by atoms with E-state index in [4.69, 9.17) is 0 Å². The van der Waals surface area contributed by atoms with Crippen molar-refractivity contribution >= 4 is 0 Å². The van der Waals surface area contributed by atoms with Crippen molar-refractivity contribution in [2.45, 2.75) is 70.6 Å². The molecule has 0 aliphatic heterocycles. The summed E-state index contributed by atoms with van der Waals surface area (Å²) in [4.78, 5) is 0. The fourth-order valence-corrected chi connectivity index (χ4v) is 5.28. The molecule has 3 aliphatic carbocycles. The SMILES string of the molecule is CCc1ccc(-c2cccc(C34CCC(CC)(CC3)CC4)c2F)cc1. The molecule has 3 fully saturated rings. The number of fused-ring (bicyclic) bond motifs is 3. The fourth-order valence-electron chi connectivity index (χ4n) is 5.28. The molecule has 0 N–H and O–H groups in total. The van der Waals surface area contributed by atoms with Gasteiger partial charge in [-0.1, -0.05) is 62.7 Å². The lowest BCUT2D eigenvalue weighted by Crippen LogP contribution is -2.44. The third kappa shape index (κ3) is 2.72. The second-order valence-electron chi connectivity index (χ2n) is 8.35. The molecule has 3 saturated carbocycles. The molecule has 0 nitrogen and oxygen atoms in total. The molecule has 1 heteroatoms. The molecular weight excluding hydrogens is 307 g/mol. The minimum absolute atomic E-state index is 0.0256. The molecule has 5 rings (SSSR count). The third-order valence-electron chi connectivity index (χ3n) is 7.39. The highest BCUT2D eigenvalue weighted by Crippen LogP contribution is 2.59. The zero-order valence-corrected chi connectivity index (χ0v) is 15.6. The Morgan fingerprint density at radius 2 is 1.48 bits per heavy atom. The standard InChI is InChI=1S/C24H29F/c1-3-18-8-10-19(11-9-18)20-6-5-7-21(22(20)25)24-15-12-23(4-2,13-16-24)14-17-24/h5-11H,3-4,12-17H2,1-2H3. The third-order valence-corrected chi connectivity index (χ3v) is 7.39. The number of aryl methyl sites for hydroxylation is 1. The molecule has 0 radical (unpaired) electrons. The van der Waals surface area contributed by atoms with Gasteiger partial charge in [-0.05, 0) is 72.5 Å². The molecule has 0 heterocycles. The van der Waals surface area contributed by atoms with Gasteiger partial charge in [0.1, 0.15) is 5.82 Å². The van der Waals surface area contributed by atoms with Crippen LogP contribution in [0.3, 0.4) is 0 Å². The molecule has 2 bridgehead atoms. The van der Waals surface area contributed by atoms with Crippen molar-refractivity contribution in [3.63, 3.8) is 0 Å². The second-order valence-corrected chi connectivity index (χ2v) is 8.35. The van der Waals surface area contributed by atoms with E-state index in [2.05, 4.69) is 50.2 Å². The molecule has 25 heavy (non-hydrogen) atoms. The van der Waals surface area contributed by atoms with Crippen LogP contribution in [0, 0.1) is 11.2 Å². The summed E-state index contributed by atoms with van der Waals surface area (Å²) >= 11 is 0. The van der Waals surface area contributed by atoms with E-state index in [1.165, 1.54) is 31.2 Å². The van der Waals surface area contributed by atoms with Crippen LogP contribution in [0.15, 0.2) is 42.5 Å². The lowest BCUT2D eigenvalue weighted by atomic mass is 9.51. The van der Waals surface area contributed by atoms with E-state index < -0.39 is 0 Å². The van der Waals surface area contributed by atoms with Gasteiger partial charge in [-0.3, -0.25) is 0 Å². The first-order valence-corrected chi connectivity index (χ1v) is 10.00. The average molecular weight is 336 g/mol. The fraction of sp³-hybridized carbons (Fsp3) is 0.500. The highest BCUT2D eigenvalue weighted by molar-refractivity contribution is 5.66. The zero-order valence-electron chi connectivity index (χ0n) is 15.6. The highest BCUT2D eigenvalue weighted by Gasteiger charge is 2.49. The monoisotopic (exact) mass is 336 g/mol. The molecule has 0 atom stereocenters. The maximum Gasteiger partial charge on any atom is 0.134 e. The smallest absolute Gasteiger partial charge is 0.134 e. The predicted octanol–water partition coefficient (Wildman–Crippen LogP) is 7.06. The van der Waals surface area contributed by atoms with Gasteiger partial charge in [0, 0.05) is 5.56 Å². The van der Waals surface area contributed by atoms with Gasteiger partial charge < -0.3 is 0 Å². The van der Waals surface area contributed by atoms with Crippen LogP contribution < -0.4 is 0 Å². The highest BCUT2D eigenvalue weighted by atomic mass is 19.1. The second kappa shape index (κ2) is 6.27. The quantitative estimate of drug-likeness (QED) is 0.561. The first kappa shape index (κ1) is 16.8. The van der Waals surface area contributed by atoms with Gasteiger partial charge in [0.2, 0.25) is 0 Å². The summed E-state index contributed by atoms with van der Waals surface area (Å²) < 4.78 is 15.6. The van der Waals surface area contributed by atoms with Gasteiger partial charge in [0.25, 0.3) is 0 Å². The van der Waals surface area contributed by atoms with E-state index >= 15 is 4.39 Å². The summed E-state index contributed by atoms with van der Waals surface area (Å²) in [5.74, 6) is 0.0256. The van der Waals surface area contributed by atoms with E-state index in [1.54, 1.807) is 0 Å². The Morgan fingerprint density at radius 3 is 2.04 bits per heavy atom. The maximum absolute atomic E-state index is 15.6. The Bertz CT molecular complexity index is 732. The van der Waals surface area contributed by atoms with E-state index in [0.29, 0.717) is 5.41 Å². The number of hydrogen-bond acceptors (Lipinski definition) is 0. The van der Waals surface area contributed by atoms with Crippen molar-refractivity contribution < 1.29 is 4.39 Å². The first-order valence-electron chi connectivity index (χ1n) is 10.00. The summed E-state index contributed by atoms with van der Waals surface area (Å²) in [5, 5.41) is 0. The molecule has 3 aliphatic rings. The zero-order chi connectivity index (χ0) is 17.5. The van der Waals surface area contributed by atoms with E-state index in [1.807, 2.05) is 6.07 Å². The Kier molecular flexibility index (Phi) is 4.22. The van der Waals surface area contributed by atoms with Crippen LogP contribution in [-0.4, -0.2) is 0 Å². The molecule has 0 unspecified atom stereocenters. The molecule has 0 amide bonds. The number of hydrogen-bond donors (Lipinski definition) is 0. The van der Waals surface area contributed by atoms with Gasteiger partial charge in [-0.2, -0.15) is 0 Å². The first-order chi connectivity index (χ1) is 12.1. The van der Waals surface area contributed by atoms with Crippen molar-refractivity contribution in [3.8, 4) is 11.1 Å². The topological polar surface area (TPSA) is 0 Å². The molecule has 0 aromatic heterocycles. The molecule has 2 aromatic rings. The van der Waals surface area contributed by atoms with Crippen LogP contribution in [0.4, 0.5) is 4.39 Å². The maximum atomic E-state index is 15.6. The summed E-state index contributed by atoms with van der Waals surface area (Å²) in [7, 11) is 0. The molecule has 0 saturated heterocycles. The van der Waals surface area contributed by atoms with Crippen LogP contribution in [-0.2, 0) is 11.8 Å². The Morgan fingerprint density at radius 1 is 0.840 bits per heavy atom. The van der Waals surface area contributed by atoms with Crippen LogP contribution in [0.25, 0.3) is 11.1 Å². The summed E-state index contributed by atoms with van der Waals surface area (Å²) in [6, 6.07) is 14.5. The van der Waals surface area contributed by atoms with Gasteiger partial charge in [-0.25, -0.2) is 4.39 Å². The minimum Gasteiger partial charge on any atom is -0.206 e. The normalized spacial score (nSPS) is 28.3. The van der Waals surface area contributed by atoms with E-state index in [-0.39, 0.29) is 11.2 Å². The van der Waals surface area contributed by atoms with Gasteiger partial charge in [-0.15, -0.1) is 0 Å². The van der Waals surface area contributed by atoms with Crippen LogP contribution in [0.5, 0.6) is 0 Å². The summed E-state index contributed by atoms with van der Waals surface area (Å²) in [6.45, 7) is 4.48.